The summed E-state index contributed by atoms with van der Waals surface area (Å²) in [5, 5.41) is 3.78. The quantitative estimate of drug-likeness (QED) is 0.792. The monoisotopic (exact) mass is 346 g/mol. The van der Waals surface area contributed by atoms with Gasteiger partial charge in [-0.3, -0.25) is 4.79 Å². The van der Waals surface area contributed by atoms with Crippen molar-refractivity contribution in [3.8, 4) is 5.88 Å². The van der Waals surface area contributed by atoms with E-state index in [0.717, 1.165) is 30.4 Å². The van der Waals surface area contributed by atoms with Crippen molar-refractivity contribution >= 4 is 16.9 Å². The second-order valence-electron chi connectivity index (χ2n) is 6.72. The molecule has 0 bridgehead atoms. The molecule has 0 saturated heterocycles. The fraction of sp³-hybridized carbons (Fsp3) is 0.611. The highest BCUT2D eigenvalue weighted by atomic mass is 16.5. The molecule has 1 fully saturated rings. The fourth-order valence-corrected chi connectivity index (χ4v) is 3.16. The molecule has 0 spiro atoms. The number of nitrogens with zero attached hydrogens (tertiary/aromatic N) is 3. The lowest BCUT2D eigenvalue weighted by atomic mass is 9.83. The summed E-state index contributed by atoms with van der Waals surface area (Å²) in [5.74, 6) is 1.12. The van der Waals surface area contributed by atoms with Gasteiger partial charge in [0.15, 0.2) is 0 Å². The summed E-state index contributed by atoms with van der Waals surface area (Å²) < 4.78 is 13.8. The third-order valence-electron chi connectivity index (χ3n) is 4.54. The molecule has 0 aromatic carbocycles. The van der Waals surface area contributed by atoms with Crippen molar-refractivity contribution in [3.05, 3.63) is 18.6 Å². The summed E-state index contributed by atoms with van der Waals surface area (Å²) in [6.45, 7) is 7.62. The molecule has 7 heteroatoms. The highest BCUT2D eigenvalue weighted by molar-refractivity contribution is 5.81. The third kappa shape index (κ3) is 4.28. The smallest absolute Gasteiger partial charge is 0.226 e. The molecule has 1 aliphatic carbocycles. The lowest BCUT2D eigenvalue weighted by Gasteiger charge is -2.35. The van der Waals surface area contributed by atoms with Gasteiger partial charge in [0.2, 0.25) is 11.8 Å². The van der Waals surface area contributed by atoms with Crippen LogP contribution in [-0.4, -0.2) is 45.8 Å². The van der Waals surface area contributed by atoms with Gasteiger partial charge < -0.3 is 19.4 Å². The molecule has 1 N–H and O–H groups in total. The summed E-state index contributed by atoms with van der Waals surface area (Å²) in [5.41, 5.74) is 0.911. The molecule has 2 aromatic heterocycles. The average molecular weight is 346 g/mol. The summed E-state index contributed by atoms with van der Waals surface area (Å²) in [6.07, 6.45) is 5.79. The topological polar surface area (TPSA) is 78.3 Å². The van der Waals surface area contributed by atoms with Crippen molar-refractivity contribution in [1.29, 1.82) is 0 Å². The number of aryl methyl sites for hydroxylation is 1. The van der Waals surface area contributed by atoms with Gasteiger partial charge in [-0.05, 0) is 38.7 Å². The Morgan fingerprint density at radius 1 is 1.44 bits per heavy atom. The van der Waals surface area contributed by atoms with Crippen molar-refractivity contribution in [3.63, 3.8) is 0 Å². The van der Waals surface area contributed by atoms with Crippen LogP contribution in [0.1, 0.15) is 33.6 Å². The van der Waals surface area contributed by atoms with Gasteiger partial charge in [-0.1, -0.05) is 0 Å². The number of hydrogen-bond donors (Lipinski definition) is 1. The molecule has 1 aliphatic rings. The Bertz CT molecular complexity index is 724. The molecule has 3 rings (SSSR count). The molecule has 1 amide bonds. The first-order chi connectivity index (χ1) is 12.1. The Hall–Kier alpha value is -2.15. The number of carbonyl (C=O) groups excluding carboxylic acids is 1. The number of aromatic nitrogens is 3. The molecule has 136 valence electrons. The van der Waals surface area contributed by atoms with Crippen LogP contribution >= 0.6 is 0 Å². The number of ether oxygens (including phenoxy) is 2. The number of nitrogens with one attached hydrogen (secondary N) is 1. The molecule has 0 radical (unpaired) electrons. The van der Waals surface area contributed by atoms with Crippen LogP contribution in [0.15, 0.2) is 18.6 Å². The summed E-state index contributed by atoms with van der Waals surface area (Å²) in [7, 11) is 0. The van der Waals surface area contributed by atoms with E-state index in [0.29, 0.717) is 25.0 Å². The third-order valence-corrected chi connectivity index (χ3v) is 4.54. The lowest BCUT2D eigenvalue weighted by Crippen LogP contribution is -2.40. The van der Waals surface area contributed by atoms with Crippen LogP contribution in [0, 0.1) is 5.92 Å². The standard InChI is InChI=1S/C18H26N4O3/c1-4-22-6-5-16-17(22)19-11-20-18(16)25-10-14-7-15(8-14)24-9-12(2)21-13(3)23/h5-6,11-12,14-15H,4,7-10H2,1-3H3,(H,21,23)/t12-,14?,15?/m0/s1. The zero-order chi connectivity index (χ0) is 17.8. The van der Waals surface area contributed by atoms with E-state index in [1.54, 1.807) is 6.33 Å². The molecule has 1 atom stereocenters. The van der Waals surface area contributed by atoms with Crippen LogP contribution in [0.25, 0.3) is 11.0 Å². The first-order valence-electron chi connectivity index (χ1n) is 8.88. The first-order valence-corrected chi connectivity index (χ1v) is 8.88. The minimum Gasteiger partial charge on any atom is -0.477 e. The molecule has 7 nitrogen and oxygen atoms in total. The summed E-state index contributed by atoms with van der Waals surface area (Å²) in [6, 6.07) is 2.05. The van der Waals surface area contributed by atoms with Crippen molar-refractivity contribution in [2.24, 2.45) is 5.92 Å². The van der Waals surface area contributed by atoms with E-state index in [1.165, 1.54) is 6.92 Å². The summed E-state index contributed by atoms with van der Waals surface area (Å²) in [4.78, 5) is 19.6. The number of fused-ring (bicyclic) bond motifs is 1. The van der Waals surface area contributed by atoms with Crippen LogP contribution in [0.5, 0.6) is 5.88 Å². The molecule has 2 aromatic rings. The van der Waals surface area contributed by atoms with E-state index in [9.17, 15) is 4.79 Å². The normalized spacial score (nSPS) is 20.9. The Morgan fingerprint density at radius 3 is 2.96 bits per heavy atom. The van der Waals surface area contributed by atoms with Crippen LogP contribution in [0.4, 0.5) is 0 Å². The van der Waals surface area contributed by atoms with Crippen LogP contribution in [0.2, 0.25) is 0 Å². The van der Waals surface area contributed by atoms with Gasteiger partial charge >= 0.3 is 0 Å². The van der Waals surface area contributed by atoms with Gasteiger partial charge in [0.1, 0.15) is 12.0 Å². The van der Waals surface area contributed by atoms with Crippen LogP contribution in [0.3, 0.4) is 0 Å². The molecule has 0 unspecified atom stereocenters. The first kappa shape index (κ1) is 17.7. The number of carbonyl (C=O) groups is 1. The molecular weight excluding hydrogens is 320 g/mol. The molecule has 25 heavy (non-hydrogen) atoms. The van der Waals surface area contributed by atoms with Crippen molar-refractivity contribution in [2.45, 2.75) is 52.3 Å². The summed E-state index contributed by atoms with van der Waals surface area (Å²) >= 11 is 0. The van der Waals surface area contributed by atoms with E-state index in [2.05, 4.69) is 26.8 Å². The number of hydrogen-bond acceptors (Lipinski definition) is 5. The Morgan fingerprint density at radius 2 is 2.24 bits per heavy atom. The van der Waals surface area contributed by atoms with E-state index >= 15 is 0 Å². The minimum atomic E-state index is -0.0240. The van der Waals surface area contributed by atoms with Gasteiger partial charge in [-0.2, -0.15) is 0 Å². The van der Waals surface area contributed by atoms with Gasteiger partial charge in [-0.25, -0.2) is 9.97 Å². The second-order valence-corrected chi connectivity index (χ2v) is 6.72. The van der Waals surface area contributed by atoms with Gasteiger partial charge in [0.05, 0.1) is 24.7 Å². The van der Waals surface area contributed by atoms with E-state index in [4.69, 9.17) is 9.47 Å². The fourth-order valence-electron chi connectivity index (χ4n) is 3.16. The SMILES string of the molecule is CCn1ccc2c(OCC3CC(OC[C@H](C)NC(C)=O)C3)ncnc21. The maximum atomic E-state index is 11.0. The molecule has 0 aliphatic heterocycles. The molecule has 1 saturated carbocycles. The Kier molecular flexibility index (Phi) is 5.53. The molecule has 2 heterocycles. The second kappa shape index (κ2) is 7.82. The van der Waals surface area contributed by atoms with Crippen LogP contribution < -0.4 is 10.1 Å². The van der Waals surface area contributed by atoms with Gasteiger partial charge in [0, 0.05) is 25.7 Å². The highest BCUT2D eigenvalue weighted by Gasteiger charge is 2.31. The number of rotatable bonds is 8. The Balaban J connectivity index is 1.43. The predicted octanol–water partition coefficient (Wildman–Crippen LogP) is 2.15. The van der Waals surface area contributed by atoms with Crippen LogP contribution in [-0.2, 0) is 16.1 Å². The zero-order valence-electron chi connectivity index (χ0n) is 15.1. The maximum Gasteiger partial charge on any atom is 0.226 e. The van der Waals surface area contributed by atoms with E-state index in [1.807, 2.05) is 19.2 Å². The van der Waals surface area contributed by atoms with Crippen molar-refractivity contribution in [2.75, 3.05) is 13.2 Å². The maximum absolute atomic E-state index is 11.0. The Labute approximate surface area is 147 Å². The van der Waals surface area contributed by atoms with Gasteiger partial charge in [-0.15, -0.1) is 0 Å². The lowest BCUT2D eigenvalue weighted by molar-refractivity contribution is -0.120. The number of amides is 1. The largest absolute Gasteiger partial charge is 0.477 e. The van der Waals surface area contributed by atoms with Crippen molar-refractivity contribution in [1.82, 2.24) is 19.9 Å². The molecular formula is C18H26N4O3. The zero-order valence-corrected chi connectivity index (χ0v) is 15.1. The minimum absolute atomic E-state index is 0.0240. The predicted molar refractivity (Wildman–Crippen MR) is 94.4 cm³/mol. The van der Waals surface area contributed by atoms with Crippen molar-refractivity contribution < 1.29 is 14.3 Å². The van der Waals surface area contributed by atoms with E-state index in [-0.39, 0.29) is 18.1 Å². The highest BCUT2D eigenvalue weighted by Crippen LogP contribution is 2.31. The average Bonchev–Trinajstić information content (AvgIpc) is 2.96. The van der Waals surface area contributed by atoms with Gasteiger partial charge in [0.25, 0.3) is 0 Å². The van der Waals surface area contributed by atoms with E-state index < -0.39 is 0 Å².